The van der Waals surface area contributed by atoms with Crippen LogP contribution in [0.1, 0.15) is 38.7 Å². The third kappa shape index (κ3) is 3.28. The van der Waals surface area contributed by atoms with Gasteiger partial charge in [0.2, 0.25) is 0 Å². The highest BCUT2D eigenvalue weighted by molar-refractivity contribution is 5.99. The monoisotopic (exact) mass is 413 g/mol. The Labute approximate surface area is 176 Å². The Morgan fingerprint density at radius 1 is 1.10 bits per heavy atom. The first-order chi connectivity index (χ1) is 15.0. The molecule has 1 unspecified atom stereocenters. The number of benzene rings is 3. The number of fused-ring (bicyclic) bond motifs is 2. The molecule has 0 saturated heterocycles. The second-order valence-corrected chi connectivity index (χ2v) is 7.50. The van der Waals surface area contributed by atoms with Gasteiger partial charge in [0.05, 0.1) is 23.2 Å². The number of carbonyl (C=O) groups is 1. The Hall–Kier alpha value is -4.18. The minimum Gasteiger partial charge on any atom is -0.408 e. The average molecular weight is 413 g/mol. The number of H-pyrrole nitrogens is 1. The molecule has 0 saturated carbocycles. The number of aromatic nitrogens is 1. The molecule has 0 aliphatic carbocycles. The number of halogens is 1. The van der Waals surface area contributed by atoms with E-state index in [1.165, 1.54) is 6.07 Å². The molecule has 7 heteroatoms. The van der Waals surface area contributed by atoms with Gasteiger partial charge in [0.15, 0.2) is 5.58 Å². The molecular weight excluding hydrogens is 397 g/mol. The Morgan fingerprint density at radius 2 is 1.94 bits per heavy atom. The van der Waals surface area contributed by atoms with Crippen LogP contribution in [0.4, 0.5) is 4.39 Å². The Balaban J connectivity index is 1.52. The number of oxazole rings is 1. The second kappa shape index (κ2) is 7.26. The van der Waals surface area contributed by atoms with Gasteiger partial charge in [0.1, 0.15) is 5.82 Å². The van der Waals surface area contributed by atoms with Crippen molar-refractivity contribution in [1.29, 1.82) is 5.26 Å². The Morgan fingerprint density at radius 3 is 2.74 bits per heavy atom. The van der Waals surface area contributed by atoms with E-state index in [2.05, 4.69) is 4.98 Å². The second-order valence-electron chi connectivity index (χ2n) is 7.50. The Bertz CT molecular complexity index is 1430. The van der Waals surface area contributed by atoms with Gasteiger partial charge in [-0.2, -0.15) is 5.26 Å². The summed E-state index contributed by atoms with van der Waals surface area (Å²) in [5.41, 5.74) is 3.92. The summed E-state index contributed by atoms with van der Waals surface area (Å²) in [7, 11) is 0. The molecule has 31 heavy (non-hydrogen) atoms. The highest BCUT2D eigenvalue weighted by atomic mass is 19.1. The predicted molar refractivity (Wildman–Crippen MR) is 111 cm³/mol. The van der Waals surface area contributed by atoms with Crippen LogP contribution in [0.2, 0.25) is 0 Å². The number of nitrogens with zero attached hydrogens (tertiary/aromatic N) is 2. The van der Waals surface area contributed by atoms with Crippen LogP contribution < -0.4 is 5.76 Å². The highest BCUT2D eigenvalue weighted by Gasteiger charge is 2.36. The lowest BCUT2D eigenvalue weighted by molar-refractivity contribution is 0.0708. The molecule has 1 aromatic heterocycles. The molecule has 6 nitrogen and oxygen atoms in total. The summed E-state index contributed by atoms with van der Waals surface area (Å²) in [6.07, 6.45) is 0.280. The maximum Gasteiger partial charge on any atom is 0.417 e. The van der Waals surface area contributed by atoms with Crippen LogP contribution in [0.5, 0.6) is 0 Å². The molecular formula is C24H16FN3O3. The van der Waals surface area contributed by atoms with Gasteiger partial charge in [-0.1, -0.05) is 30.3 Å². The van der Waals surface area contributed by atoms with Crippen LogP contribution in [-0.2, 0) is 13.0 Å². The van der Waals surface area contributed by atoms with E-state index in [4.69, 9.17) is 9.68 Å². The van der Waals surface area contributed by atoms with Crippen molar-refractivity contribution in [2.45, 2.75) is 19.0 Å². The first kappa shape index (κ1) is 18.8. The number of aromatic amines is 1. The fourth-order valence-corrected chi connectivity index (χ4v) is 4.12. The molecule has 5 rings (SSSR count). The molecule has 0 bridgehead atoms. The van der Waals surface area contributed by atoms with Crippen molar-refractivity contribution in [2.75, 3.05) is 0 Å². The molecule has 3 aromatic carbocycles. The predicted octanol–water partition coefficient (Wildman–Crippen LogP) is 4.07. The summed E-state index contributed by atoms with van der Waals surface area (Å²) in [4.78, 5) is 28.9. The number of rotatable bonds is 4. The number of carbonyl (C=O) groups excluding carboxylic acids is 1. The molecule has 0 fully saturated rings. The summed E-state index contributed by atoms with van der Waals surface area (Å²) >= 11 is 0. The normalized spacial score (nSPS) is 15.3. The molecule has 0 spiro atoms. The van der Waals surface area contributed by atoms with Crippen LogP contribution in [-0.4, -0.2) is 15.8 Å². The van der Waals surface area contributed by atoms with E-state index in [1.54, 1.807) is 41.3 Å². The van der Waals surface area contributed by atoms with Crippen molar-refractivity contribution in [3.05, 3.63) is 105 Å². The molecule has 1 atom stereocenters. The quantitative estimate of drug-likeness (QED) is 0.546. The van der Waals surface area contributed by atoms with Gasteiger partial charge in [-0.25, -0.2) is 9.18 Å². The minimum absolute atomic E-state index is 0.134. The van der Waals surface area contributed by atoms with Crippen LogP contribution in [0.25, 0.3) is 11.1 Å². The van der Waals surface area contributed by atoms with E-state index in [-0.39, 0.29) is 30.5 Å². The van der Waals surface area contributed by atoms with Gasteiger partial charge in [0, 0.05) is 12.1 Å². The standard InChI is InChI=1S/C24H16FN3O3/c25-19-9-14(12-26)5-7-16(19)11-21-17-3-1-2-4-18(17)23(29)28(21)13-15-6-8-20-22(10-15)31-24(30)27-20/h1-10,21H,11,13H2,(H,27,30). The molecule has 0 radical (unpaired) electrons. The van der Waals surface area contributed by atoms with Crippen molar-refractivity contribution in [3.63, 3.8) is 0 Å². The lowest BCUT2D eigenvalue weighted by Gasteiger charge is -2.26. The first-order valence-electron chi connectivity index (χ1n) is 9.73. The largest absolute Gasteiger partial charge is 0.417 e. The van der Waals surface area contributed by atoms with E-state index < -0.39 is 11.6 Å². The average Bonchev–Trinajstić information content (AvgIpc) is 3.27. The zero-order chi connectivity index (χ0) is 21.5. The molecule has 1 aliphatic rings. The molecule has 4 aromatic rings. The maximum atomic E-state index is 14.6. The van der Waals surface area contributed by atoms with Gasteiger partial charge < -0.3 is 9.32 Å². The van der Waals surface area contributed by atoms with E-state index in [0.717, 1.165) is 11.1 Å². The SMILES string of the molecule is N#Cc1ccc(CC2c3ccccc3C(=O)N2Cc2ccc3[nH]c(=O)oc3c2)c(F)c1. The molecule has 1 amide bonds. The summed E-state index contributed by atoms with van der Waals surface area (Å²) in [6.45, 7) is 0.279. The topological polar surface area (TPSA) is 90.1 Å². The number of nitriles is 1. The zero-order valence-electron chi connectivity index (χ0n) is 16.3. The number of hydrogen-bond acceptors (Lipinski definition) is 4. The summed E-state index contributed by atoms with van der Waals surface area (Å²) < 4.78 is 19.7. The maximum absolute atomic E-state index is 14.6. The third-order valence-corrected chi connectivity index (χ3v) is 5.62. The van der Waals surface area contributed by atoms with Gasteiger partial charge >= 0.3 is 5.76 Å². The molecule has 1 aliphatic heterocycles. The van der Waals surface area contributed by atoms with Crippen LogP contribution in [0, 0.1) is 17.1 Å². The lowest BCUT2D eigenvalue weighted by atomic mass is 9.97. The summed E-state index contributed by atoms with van der Waals surface area (Å²) in [5, 5.41) is 8.99. The van der Waals surface area contributed by atoms with Crippen molar-refractivity contribution >= 4 is 17.0 Å². The number of nitrogens with one attached hydrogen (secondary N) is 1. The third-order valence-electron chi connectivity index (χ3n) is 5.62. The van der Waals surface area contributed by atoms with Crippen molar-refractivity contribution in [2.24, 2.45) is 0 Å². The van der Waals surface area contributed by atoms with E-state index in [9.17, 15) is 14.0 Å². The van der Waals surface area contributed by atoms with Gasteiger partial charge in [0.25, 0.3) is 5.91 Å². The van der Waals surface area contributed by atoms with E-state index >= 15 is 0 Å². The number of hydrogen-bond donors (Lipinski definition) is 1. The zero-order valence-corrected chi connectivity index (χ0v) is 16.3. The van der Waals surface area contributed by atoms with Gasteiger partial charge in [-0.3, -0.25) is 9.78 Å². The van der Waals surface area contributed by atoms with Crippen LogP contribution >= 0.6 is 0 Å². The molecule has 1 N–H and O–H groups in total. The molecule has 2 heterocycles. The first-order valence-corrected chi connectivity index (χ1v) is 9.73. The summed E-state index contributed by atoms with van der Waals surface area (Å²) in [5.74, 6) is -1.14. The summed E-state index contributed by atoms with van der Waals surface area (Å²) in [6, 6.07) is 18.6. The minimum atomic E-state index is -0.536. The van der Waals surface area contributed by atoms with E-state index in [0.29, 0.717) is 22.2 Å². The Kier molecular flexibility index (Phi) is 4.41. The van der Waals surface area contributed by atoms with E-state index in [1.807, 2.05) is 24.3 Å². The lowest BCUT2D eigenvalue weighted by Crippen LogP contribution is -2.29. The highest BCUT2D eigenvalue weighted by Crippen LogP contribution is 2.37. The molecule has 152 valence electrons. The van der Waals surface area contributed by atoms with Crippen molar-refractivity contribution < 1.29 is 13.6 Å². The van der Waals surface area contributed by atoms with Crippen LogP contribution in [0.15, 0.2) is 69.9 Å². The number of amides is 1. The fraction of sp³-hybridized carbons (Fsp3) is 0.125. The smallest absolute Gasteiger partial charge is 0.408 e. The van der Waals surface area contributed by atoms with Crippen LogP contribution in [0.3, 0.4) is 0 Å². The van der Waals surface area contributed by atoms with Gasteiger partial charge in [-0.15, -0.1) is 0 Å². The van der Waals surface area contributed by atoms with Crippen molar-refractivity contribution in [3.8, 4) is 6.07 Å². The van der Waals surface area contributed by atoms with Crippen molar-refractivity contribution in [1.82, 2.24) is 9.88 Å². The van der Waals surface area contributed by atoms with Gasteiger partial charge in [-0.05, 0) is 53.4 Å². The fourth-order valence-electron chi connectivity index (χ4n) is 4.12.